The number of hydrogen-bond donors (Lipinski definition) is 3. The summed E-state index contributed by atoms with van der Waals surface area (Å²) in [6, 6.07) is 3.18. The Morgan fingerprint density at radius 3 is 2.57 bits per heavy atom. The van der Waals surface area contributed by atoms with E-state index in [1.54, 1.807) is 0 Å². The summed E-state index contributed by atoms with van der Waals surface area (Å²) < 4.78 is 12.9. The van der Waals surface area contributed by atoms with Crippen molar-refractivity contribution < 1.29 is 23.9 Å². The maximum Gasteiger partial charge on any atom is 0.320 e. The molecule has 1 atom stereocenters. The van der Waals surface area contributed by atoms with E-state index in [2.05, 4.69) is 5.32 Å². The van der Waals surface area contributed by atoms with Crippen molar-refractivity contribution in [2.75, 3.05) is 5.32 Å². The molecule has 114 valence electrons. The normalized spacial score (nSPS) is 11.8. The highest BCUT2D eigenvalue weighted by Gasteiger charge is 2.15. The highest BCUT2D eigenvalue weighted by atomic mass is 19.1. The Morgan fingerprint density at radius 1 is 1.38 bits per heavy atom. The van der Waals surface area contributed by atoms with Crippen LogP contribution in [0.1, 0.15) is 35.7 Å². The molecule has 1 aromatic rings. The van der Waals surface area contributed by atoms with Crippen LogP contribution in [0.15, 0.2) is 18.2 Å². The molecular weight excluding hydrogens is 279 g/mol. The average Bonchev–Trinajstić information content (AvgIpc) is 2.44. The molecule has 0 spiro atoms. The molecule has 0 unspecified atom stereocenters. The van der Waals surface area contributed by atoms with E-state index in [9.17, 15) is 18.8 Å². The van der Waals surface area contributed by atoms with E-state index in [0.29, 0.717) is 5.56 Å². The molecule has 21 heavy (non-hydrogen) atoms. The van der Waals surface area contributed by atoms with Gasteiger partial charge in [0, 0.05) is 23.2 Å². The van der Waals surface area contributed by atoms with E-state index in [4.69, 9.17) is 10.8 Å². The number of nitrogens with one attached hydrogen (secondary N) is 1. The number of hydrogen-bond acceptors (Lipinski definition) is 4. The minimum atomic E-state index is -1.19. The summed E-state index contributed by atoms with van der Waals surface area (Å²) in [5.41, 5.74) is 6.10. The van der Waals surface area contributed by atoms with E-state index >= 15 is 0 Å². The van der Waals surface area contributed by atoms with Crippen LogP contribution in [0.5, 0.6) is 0 Å². The maximum absolute atomic E-state index is 12.9. The number of benzene rings is 1. The number of nitrogens with two attached hydrogens (primary N) is 1. The van der Waals surface area contributed by atoms with Gasteiger partial charge in [0.15, 0.2) is 5.78 Å². The first-order chi connectivity index (χ1) is 9.85. The van der Waals surface area contributed by atoms with Gasteiger partial charge in [0.05, 0.1) is 0 Å². The topological polar surface area (TPSA) is 109 Å². The van der Waals surface area contributed by atoms with Gasteiger partial charge in [-0.2, -0.15) is 0 Å². The Kier molecular flexibility index (Phi) is 5.98. The monoisotopic (exact) mass is 296 g/mol. The predicted molar refractivity (Wildman–Crippen MR) is 74.7 cm³/mol. The van der Waals surface area contributed by atoms with Crippen molar-refractivity contribution in [1.82, 2.24) is 0 Å². The molecule has 1 rings (SSSR count). The van der Waals surface area contributed by atoms with Crippen molar-refractivity contribution in [2.24, 2.45) is 5.73 Å². The lowest BCUT2D eigenvalue weighted by Crippen LogP contribution is -2.31. The number of ketones is 1. The number of aliphatic carboxylic acids is 1. The minimum Gasteiger partial charge on any atom is -0.480 e. The molecule has 0 radical (unpaired) electrons. The Bertz CT molecular complexity index is 560. The van der Waals surface area contributed by atoms with Crippen LogP contribution in [0.25, 0.3) is 0 Å². The Balaban J connectivity index is 2.76. The van der Waals surface area contributed by atoms with E-state index in [-0.39, 0.29) is 29.9 Å². The van der Waals surface area contributed by atoms with E-state index in [1.165, 1.54) is 25.1 Å². The number of alkyl halides is 1. The summed E-state index contributed by atoms with van der Waals surface area (Å²) in [6.07, 6.45) is -0.137. The van der Waals surface area contributed by atoms with Crippen LogP contribution in [0, 0.1) is 0 Å². The van der Waals surface area contributed by atoms with Gasteiger partial charge in [-0.25, -0.2) is 4.39 Å². The number of anilines is 1. The SMILES string of the molecule is CC(=O)c1ccc(CF)c(NC(=O)CC[C@H](N)C(=O)O)c1. The van der Waals surface area contributed by atoms with Gasteiger partial charge in [0.1, 0.15) is 12.7 Å². The van der Waals surface area contributed by atoms with Crippen LogP contribution < -0.4 is 11.1 Å². The largest absolute Gasteiger partial charge is 0.480 e. The summed E-state index contributed by atoms with van der Waals surface area (Å²) in [7, 11) is 0. The predicted octanol–water partition coefficient (Wildman–Crippen LogP) is 1.49. The van der Waals surface area contributed by atoms with Crippen LogP contribution >= 0.6 is 0 Å². The van der Waals surface area contributed by atoms with Crippen molar-refractivity contribution in [3.05, 3.63) is 29.3 Å². The molecule has 4 N–H and O–H groups in total. The van der Waals surface area contributed by atoms with Crippen molar-refractivity contribution in [2.45, 2.75) is 32.5 Å². The van der Waals surface area contributed by atoms with E-state index in [1.807, 2.05) is 0 Å². The summed E-state index contributed by atoms with van der Waals surface area (Å²) in [5.74, 6) is -1.88. The lowest BCUT2D eigenvalue weighted by atomic mass is 10.1. The molecule has 0 aromatic heterocycles. The molecule has 0 fully saturated rings. The van der Waals surface area contributed by atoms with Gasteiger partial charge in [-0.05, 0) is 19.4 Å². The third-order valence-corrected chi connectivity index (χ3v) is 2.93. The van der Waals surface area contributed by atoms with Crippen molar-refractivity contribution >= 4 is 23.3 Å². The molecule has 0 aliphatic rings. The Morgan fingerprint density at radius 2 is 2.05 bits per heavy atom. The minimum absolute atomic E-state index is 0.0292. The second kappa shape index (κ2) is 7.49. The molecule has 0 aliphatic carbocycles. The number of Topliss-reactive ketones (excluding diaryl/α,β-unsaturated/α-hetero) is 1. The van der Waals surface area contributed by atoms with Gasteiger partial charge in [0.25, 0.3) is 0 Å². The van der Waals surface area contributed by atoms with Crippen LogP contribution in [0.3, 0.4) is 0 Å². The highest BCUT2D eigenvalue weighted by Crippen LogP contribution is 2.20. The van der Waals surface area contributed by atoms with Gasteiger partial charge in [-0.15, -0.1) is 0 Å². The van der Waals surface area contributed by atoms with Crippen molar-refractivity contribution in [3.8, 4) is 0 Å². The van der Waals surface area contributed by atoms with Crippen LogP contribution in [0.4, 0.5) is 10.1 Å². The number of halogens is 1. The van der Waals surface area contributed by atoms with Gasteiger partial charge in [0.2, 0.25) is 5.91 Å². The van der Waals surface area contributed by atoms with Gasteiger partial charge in [-0.3, -0.25) is 14.4 Å². The maximum atomic E-state index is 12.9. The zero-order chi connectivity index (χ0) is 16.0. The van der Waals surface area contributed by atoms with Gasteiger partial charge < -0.3 is 16.2 Å². The quantitative estimate of drug-likeness (QED) is 0.660. The van der Waals surface area contributed by atoms with Crippen LogP contribution in [-0.2, 0) is 16.3 Å². The van der Waals surface area contributed by atoms with Crippen LogP contribution in [0.2, 0.25) is 0 Å². The number of carboxylic acid groups (broad SMARTS) is 1. The Hall–Kier alpha value is -2.28. The van der Waals surface area contributed by atoms with Crippen molar-refractivity contribution in [3.63, 3.8) is 0 Å². The smallest absolute Gasteiger partial charge is 0.320 e. The third-order valence-electron chi connectivity index (χ3n) is 2.93. The second-order valence-electron chi connectivity index (χ2n) is 4.59. The fourth-order valence-electron chi connectivity index (χ4n) is 1.65. The first-order valence-corrected chi connectivity index (χ1v) is 6.33. The molecule has 1 aromatic carbocycles. The average molecular weight is 296 g/mol. The lowest BCUT2D eigenvalue weighted by molar-refractivity contribution is -0.138. The first-order valence-electron chi connectivity index (χ1n) is 6.33. The molecule has 6 nitrogen and oxygen atoms in total. The molecule has 0 saturated heterocycles. The molecule has 0 aliphatic heterocycles. The fourth-order valence-corrected chi connectivity index (χ4v) is 1.65. The summed E-state index contributed by atoms with van der Waals surface area (Å²) in [6.45, 7) is 0.574. The van der Waals surface area contributed by atoms with Gasteiger partial charge >= 0.3 is 5.97 Å². The van der Waals surface area contributed by atoms with Gasteiger partial charge in [-0.1, -0.05) is 12.1 Å². The molecule has 0 bridgehead atoms. The number of carbonyl (C=O) groups excluding carboxylic acids is 2. The Labute approximate surface area is 121 Å². The second-order valence-corrected chi connectivity index (χ2v) is 4.59. The summed E-state index contributed by atoms with van der Waals surface area (Å²) >= 11 is 0. The van der Waals surface area contributed by atoms with E-state index < -0.39 is 24.6 Å². The van der Waals surface area contributed by atoms with Crippen molar-refractivity contribution in [1.29, 1.82) is 0 Å². The fraction of sp³-hybridized carbons (Fsp3) is 0.357. The number of amides is 1. The molecule has 0 heterocycles. The number of rotatable bonds is 7. The third kappa shape index (κ3) is 4.96. The lowest BCUT2D eigenvalue weighted by Gasteiger charge is -2.11. The van der Waals surface area contributed by atoms with Crippen LogP contribution in [-0.4, -0.2) is 28.8 Å². The molecular formula is C14H17FN2O4. The molecule has 1 amide bonds. The molecule has 0 saturated carbocycles. The highest BCUT2D eigenvalue weighted by molar-refractivity contribution is 5.97. The summed E-state index contributed by atoms with van der Waals surface area (Å²) in [4.78, 5) is 33.6. The molecule has 7 heteroatoms. The summed E-state index contributed by atoms with van der Waals surface area (Å²) in [5, 5.41) is 11.1. The zero-order valence-corrected chi connectivity index (χ0v) is 11.6. The first kappa shape index (κ1) is 16.8. The number of carboxylic acids is 1. The number of carbonyl (C=O) groups is 3. The zero-order valence-electron chi connectivity index (χ0n) is 11.6. The van der Waals surface area contributed by atoms with E-state index in [0.717, 1.165) is 0 Å². The standard InChI is InChI=1S/C14H17FN2O4/c1-8(18)9-2-3-10(7-15)12(6-9)17-13(19)5-4-11(16)14(20)21/h2-3,6,11H,4-5,7,16H2,1H3,(H,17,19)(H,20,21)/t11-/m0/s1.